The number of alkyl halides is 6. The summed E-state index contributed by atoms with van der Waals surface area (Å²) < 4.78 is 74.2. The van der Waals surface area contributed by atoms with E-state index in [9.17, 15) is 26.3 Å². The van der Waals surface area contributed by atoms with Crippen LogP contribution in [0.4, 0.5) is 26.3 Å². The number of nitrogens with zero attached hydrogens (tertiary/aromatic N) is 1. The van der Waals surface area contributed by atoms with E-state index in [1.54, 1.807) is 13.8 Å². The third kappa shape index (κ3) is 10.2. The summed E-state index contributed by atoms with van der Waals surface area (Å²) in [4.78, 5) is 0. The normalized spacial score (nSPS) is 15.4. The Labute approximate surface area is 125 Å². The van der Waals surface area contributed by atoms with Crippen LogP contribution in [0.25, 0.3) is 0 Å². The molecule has 0 aliphatic carbocycles. The molecule has 0 saturated heterocycles. The van der Waals surface area contributed by atoms with Gasteiger partial charge in [0.25, 0.3) is 0 Å². The highest BCUT2D eigenvalue weighted by molar-refractivity contribution is 4.76. The first kappa shape index (κ1) is 21.4. The largest absolute Gasteiger partial charge is 0.396 e. The van der Waals surface area contributed by atoms with Gasteiger partial charge in [-0.3, -0.25) is 0 Å². The van der Waals surface area contributed by atoms with Gasteiger partial charge in [0.1, 0.15) is 0 Å². The van der Waals surface area contributed by atoms with Crippen LogP contribution in [-0.2, 0) is 0 Å². The van der Waals surface area contributed by atoms with Crippen molar-refractivity contribution in [2.45, 2.75) is 51.5 Å². The molecule has 1 unspecified atom stereocenters. The smallest absolute Gasteiger partial charge is 0.392 e. The number of hydrazine groups is 2. The van der Waals surface area contributed by atoms with Gasteiger partial charge >= 0.3 is 12.4 Å². The standard InChI is InChI=1S/C12H23F6N3O/c1-9(12(16,17)18)8-19-21(6-4-11(13,14)15)20-10(2,3)5-7-22/h9,19-20,22H,4-8H2,1-3H3. The molecule has 0 aliphatic heterocycles. The molecule has 3 N–H and O–H groups in total. The predicted molar refractivity (Wildman–Crippen MR) is 69.5 cm³/mol. The van der Waals surface area contributed by atoms with E-state index >= 15 is 0 Å². The third-order valence-corrected chi connectivity index (χ3v) is 2.94. The van der Waals surface area contributed by atoms with Crippen molar-refractivity contribution in [3.8, 4) is 0 Å². The lowest BCUT2D eigenvalue weighted by atomic mass is 10.0. The van der Waals surface area contributed by atoms with Gasteiger partial charge < -0.3 is 5.11 Å². The van der Waals surface area contributed by atoms with Gasteiger partial charge in [-0.15, -0.1) is 0 Å². The van der Waals surface area contributed by atoms with Gasteiger partial charge in [0.2, 0.25) is 0 Å². The highest BCUT2D eigenvalue weighted by atomic mass is 19.4. The van der Waals surface area contributed by atoms with Crippen molar-refractivity contribution in [3.05, 3.63) is 0 Å². The molecule has 0 heterocycles. The maximum atomic E-state index is 12.4. The van der Waals surface area contributed by atoms with Crippen molar-refractivity contribution >= 4 is 0 Å². The maximum Gasteiger partial charge on any atom is 0.392 e. The molecular weight excluding hydrogens is 316 g/mol. The first-order chi connectivity index (χ1) is 9.77. The Hall–Kier alpha value is -0.580. The quantitative estimate of drug-likeness (QED) is 0.446. The van der Waals surface area contributed by atoms with Crippen LogP contribution < -0.4 is 10.9 Å². The van der Waals surface area contributed by atoms with Crippen molar-refractivity contribution in [2.24, 2.45) is 5.92 Å². The van der Waals surface area contributed by atoms with Crippen molar-refractivity contribution in [2.75, 3.05) is 19.7 Å². The zero-order valence-electron chi connectivity index (χ0n) is 12.8. The average Bonchev–Trinajstić information content (AvgIpc) is 2.29. The Morgan fingerprint density at radius 3 is 2.00 bits per heavy atom. The Balaban J connectivity index is 4.65. The number of nitrogens with one attached hydrogen (secondary N) is 2. The minimum atomic E-state index is -4.43. The molecule has 0 spiro atoms. The van der Waals surface area contributed by atoms with Crippen LogP contribution >= 0.6 is 0 Å². The van der Waals surface area contributed by atoms with Gasteiger partial charge in [-0.2, -0.15) is 31.5 Å². The first-order valence-electron chi connectivity index (χ1n) is 6.80. The molecule has 1 atom stereocenters. The predicted octanol–water partition coefficient (Wildman–Crippen LogP) is 2.61. The molecule has 4 nitrogen and oxygen atoms in total. The van der Waals surface area contributed by atoms with E-state index in [0.29, 0.717) is 0 Å². The highest BCUT2D eigenvalue weighted by Gasteiger charge is 2.36. The lowest BCUT2D eigenvalue weighted by molar-refractivity contribution is -0.173. The molecule has 0 radical (unpaired) electrons. The summed E-state index contributed by atoms with van der Waals surface area (Å²) in [5.74, 6) is -1.70. The van der Waals surface area contributed by atoms with Crippen LogP contribution in [0.5, 0.6) is 0 Å². The third-order valence-electron chi connectivity index (χ3n) is 2.94. The van der Waals surface area contributed by atoms with Crippen molar-refractivity contribution in [1.29, 1.82) is 0 Å². The van der Waals surface area contributed by atoms with Gasteiger partial charge in [-0.1, -0.05) is 6.92 Å². The van der Waals surface area contributed by atoms with Crippen LogP contribution in [-0.4, -0.2) is 47.8 Å². The SMILES string of the molecule is CC(CNN(CCC(F)(F)F)NC(C)(C)CCO)C(F)(F)F. The first-order valence-corrected chi connectivity index (χ1v) is 6.80. The molecule has 0 aliphatic rings. The summed E-state index contributed by atoms with van der Waals surface area (Å²) in [5.41, 5.74) is 4.23. The summed E-state index contributed by atoms with van der Waals surface area (Å²) in [6, 6.07) is 0. The summed E-state index contributed by atoms with van der Waals surface area (Å²) in [6.07, 6.45) is -9.80. The summed E-state index contributed by atoms with van der Waals surface area (Å²) in [7, 11) is 0. The monoisotopic (exact) mass is 339 g/mol. The fourth-order valence-corrected chi connectivity index (χ4v) is 1.48. The Morgan fingerprint density at radius 2 is 1.59 bits per heavy atom. The van der Waals surface area contributed by atoms with Crippen LogP contribution in [0.1, 0.15) is 33.6 Å². The van der Waals surface area contributed by atoms with Gasteiger partial charge in [0.05, 0.1) is 12.3 Å². The van der Waals surface area contributed by atoms with E-state index in [0.717, 1.165) is 12.0 Å². The summed E-state index contributed by atoms with van der Waals surface area (Å²) in [5, 5.41) is 9.80. The summed E-state index contributed by atoms with van der Waals surface area (Å²) >= 11 is 0. The van der Waals surface area contributed by atoms with Crippen LogP contribution in [0.3, 0.4) is 0 Å². The second-order valence-electron chi connectivity index (χ2n) is 5.79. The average molecular weight is 339 g/mol. The number of rotatable bonds is 9. The second-order valence-corrected chi connectivity index (χ2v) is 5.79. The molecule has 10 heteroatoms. The van der Waals surface area contributed by atoms with Gasteiger partial charge in [0.15, 0.2) is 0 Å². The van der Waals surface area contributed by atoms with E-state index in [-0.39, 0.29) is 13.0 Å². The molecule has 0 saturated carbocycles. The molecule has 0 fully saturated rings. The van der Waals surface area contributed by atoms with Crippen molar-refractivity contribution in [1.82, 2.24) is 16.0 Å². The molecule has 0 aromatic heterocycles. The van der Waals surface area contributed by atoms with Gasteiger partial charge in [0, 0.05) is 25.2 Å². The molecule has 0 aromatic rings. The number of hydrogen-bond acceptors (Lipinski definition) is 4. The van der Waals surface area contributed by atoms with Crippen molar-refractivity contribution < 1.29 is 31.4 Å². The number of hydrogen-bond donors (Lipinski definition) is 3. The minimum absolute atomic E-state index is 0.202. The zero-order valence-corrected chi connectivity index (χ0v) is 12.8. The minimum Gasteiger partial charge on any atom is -0.396 e. The molecular formula is C12H23F6N3O. The second kappa shape index (κ2) is 8.32. The van der Waals surface area contributed by atoms with E-state index in [4.69, 9.17) is 5.11 Å². The molecule has 134 valence electrons. The van der Waals surface area contributed by atoms with Gasteiger partial charge in [-0.05, 0) is 20.3 Å². The topological polar surface area (TPSA) is 47.5 Å². The Kier molecular flexibility index (Phi) is 8.10. The summed E-state index contributed by atoms with van der Waals surface area (Å²) in [6.45, 7) is 2.88. The zero-order chi connectivity index (χ0) is 17.6. The van der Waals surface area contributed by atoms with E-state index < -0.39 is 43.3 Å². The number of halogens is 6. The van der Waals surface area contributed by atoms with E-state index in [1.807, 2.05) is 0 Å². The fraction of sp³-hybridized carbons (Fsp3) is 1.00. The Bertz CT molecular complexity index is 319. The van der Waals surface area contributed by atoms with Crippen LogP contribution in [0, 0.1) is 5.92 Å². The lowest BCUT2D eigenvalue weighted by Gasteiger charge is -2.35. The van der Waals surface area contributed by atoms with Crippen LogP contribution in [0.15, 0.2) is 0 Å². The Morgan fingerprint density at radius 1 is 1.05 bits per heavy atom. The molecule has 0 rings (SSSR count). The maximum absolute atomic E-state index is 12.4. The molecule has 22 heavy (non-hydrogen) atoms. The van der Waals surface area contributed by atoms with Crippen molar-refractivity contribution in [3.63, 3.8) is 0 Å². The number of aliphatic hydroxyl groups is 1. The van der Waals surface area contributed by atoms with E-state index in [2.05, 4.69) is 10.9 Å². The van der Waals surface area contributed by atoms with Gasteiger partial charge in [-0.25, -0.2) is 10.9 Å². The molecule has 0 amide bonds. The lowest BCUT2D eigenvalue weighted by Crippen LogP contribution is -2.58. The molecule has 0 bridgehead atoms. The fourth-order valence-electron chi connectivity index (χ4n) is 1.48. The van der Waals surface area contributed by atoms with Crippen LogP contribution in [0.2, 0.25) is 0 Å². The highest BCUT2D eigenvalue weighted by Crippen LogP contribution is 2.25. The van der Waals surface area contributed by atoms with E-state index in [1.165, 1.54) is 0 Å². The number of aliphatic hydroxyl groups excluding tert-OH is 1. The molecule has 0 aromatic carbocycles.